The van der Waals surface area contributed by atoms with Gasteiger partial charge in [-0.3, -0.25) is 0 Å². The first-order valence-electron chi connectivity index (χ1n) is 4.86. The number of alkyl carbamates (subject to hydrolysis) is 1. The smallest absolute Gasteiger partial charge is 0.407 e. The summed E-state index contributed by atoms with van der Waals surface area (Å²) in [6, 6.07) is 6.20. The summed E-state index contributed by atoms with van der Waals surface area (Å²) in [6.07, 6.45) is 0.490. The SMILES string of the molecule is Cc1ccc([C@H]2CCOC(=O)N2)cc1Br. The molecule has 1 saturated heterocycles. The lowest BCUT2D eigenvalue weighted by Gasteiger charge is -2.24. The van der Waals surface area contributed by atoms with Crippen molar-refractivity contribution in [3.05, 3.63) is 33.8 Å². The number of carbonyl (C=O) groups excluding carboxylic acids is 1. The van der Waals surface area contributed by atoms with E-state index in [9.17, 15) is 4.79 Å². The summed E-state index contributed by atoms with van der Waals surface area (Å²) in [6.45, 7) is 2.53. The molecule has 1 fully saturated rings. The Hall–Kier alpha value is -1.03. The van der Waals surface area contributed by atoms with E-state index in [-0.39, 0.29) is 12.1 Å². The minimum Gasteiger partial charge on any atom is -0.449 e. The Morgan fingerprint density at radius 3 is 3.00 bits per heavy atom. The highest BCUT2D eigenvalue weighted by Crippen LogP contribution is 2.25. The van der Waals surface area contributed by atoms with Crippen LogP contribution in [-0.2, 0) is 4.74 Å². The molecule has 0 saturated carbocycles. The highest BCUT2D eigenvalue weighted by molar-refractivity contribution is 9.10. The Labute approximate surface area is 96.9 Å². The van der Waals surface area contributed by atoms with E-state index in [0.29, 0.717) is 6.61 Å². The van der Waals surface area contributed by atoms with Crippen molar-refractivity contribution < 1.29 is 9.53 Å². The highest BCUT2D eigenvalue weighted by atomic mass is 79.9. The number of hydrogen-bond donors (Lipinski definition) is 1. The van der Waals surface area contributed by atoms with Crippen molar-refractivity contribution in [1.29, 1.82) is 0 Å². The van der Waals surface area contributed by atoms with Crippen LogP contribution in [0.25, 0.3) is 0 Å². The molecule has 0 radical (unpaired) electrons. The van der Waals surface area contributed by atoms with Crippen molar-refractivity contribution >= 4 is 22.0 Å². The Balaban J connectivity index is 2.21. The predicted molar refractivity (Wildman–Crippen MR) is 60.7 cm³/mol. The molecule has 0 unspecified atom stereocenters. The van der Waals surface area contributed by atoms with Crippen LogP contribution in [0.15, 0.2) is 22.7 Å². The molecule has 0 aliphatic carbocycles. The second kappa shape index (κ2) is 4.23. The molecule has 1 heterocycles. The molecule has 0 spiro atoms. The lowest BCUT2D eigenvalue weighted by atomic mass is 10.0. The fourth-order valence-corrected chi connectivity index (χ4v) is 2.00. The van der Waals surface area contributed by atoms with Crippen molar-refractivity contribution in [3.63, 3.8) is 0 Å². The van der Waals surface area contributed by atoms with E-state index in [1.54, 1.807) is 0 Å². The summed E-state index contributed by atoms with van der Waals surface area (Å²) < 4.78 is 5.89. The highest BCUT2D eigenvalue weighted by Gasteiger charge is 2.20. The first-order chi connectivity index (χ1) is 7.16. The number of benzene rings is 1. The Bertz CT molecular complexity index is 392. The van der Waals surface area contributed by atoms with Gasteiger partial charge in [-0.15, -0.1) is 0 Å². The molecule has 2 rings (SSSR count). The fraction of sp³-hybridized carbons (Fsp3) is 0.364. The molecule has 15 heavy (non-hydrogen) atoms. The molecule has 1 aromatic carbocycles. The number of amides is 1. The number of hydrogen-bond acceptors (Lipinski definition) is 2. The van der Waals surface area contributed by atoms with Gasteiger partial charge in [-0.2, -0.15) is 0 Å². The molecule has 1 atom stereocenters. The summed E-state index contributed by atoms with van der Waals surface area (Å²) in [7, 11) is 0. The molecule has 1 N–H and O–H groups in total. The van der Waals surface area contributed by atoms with Crippen molar-refractivity contribution in [3.8, 4) is 0 Å². The quantitative estimate of drug-likeness (QED) is 0.852. The van der Waals surface area contributed by atoms with Gasteiger partial charge in [-0.05, 0) is 24.1 Å². The Morgan fingerprint density at radius 2 is 2.33 bits per heavy atom. The Kier molecular flexibility index (Phi) is 2.95. The second-order valence-electron chi connectivity index (χ2n) is 3.63. The van der Waals surface area contributed by atoms with Gasteiger partial charge >= 0.3 is 6.09 Å². The van der Waals surface area contributed by atoms with Crippen LogP contribution in [-0.4, -0.2) is 12.7 Å². The first-order valence-corrected chi connectivity index (χ1v) is 5.65. The third-order valence-corrected chi connectivity index (χ3v) is 3.38. The molecule has 1 aliphatic rings. The molecule has 80 valence electrons. The van der Waals surface area contributed by atoms with Crippen LogP contribution in [0.1, 0.15) is 23.6 Å². The van der Waals surface area contributed by atoms with Crippen LogP contribution in [0.5, 0.6) is 0 Å². The third kappa shape index (κ3) is 2.31. The van der Waals surface area contributed by atoms with E-state index in [1.807, 2.05) is 25.1 Å². The van der Waals surface area contributed by atoms with Crippen LogP contribution >= 0.6 is 15.9 Å². The zero-order valence-corrected chi connectivity index (χ0v) is 10.0. The molecule has 3 nitrogen and oxygen atoms in total. The second-order valence-corrected chi connectivity index (χ2v) is 4.48. The number of aryl methyl sites for hydroxylation is 1. The van der Waals surface area contributed by atoms with Gasteiger partial charge in [0.2, 0.25) is 0 Å². The van der Waals surface area contributed by atoms with E-state index in [4.69, 9.17) is 4.74 Å². The molecule has 0 bridgehead atoms. The fourth-order valence-electron chi connectivity index (χ4n) is 1.60. The standard InChI is InChI=1S/C11H12BrNO2/c1-7-2-3-8(6-9(7)12)10-4-5-15-11(14)13-10/h2-3,6,10H,4-5H2,1H3,(H,13,14)/t10-/m1/s1. The summed E-state index contributed by atoms with van der Waals surface area (Å²) in [4.78, 5) is 11.1. The van der Waals surface area contributed by atoms with E-state index in [0.717, 1.165) is 16.5 Å². The minimum atomic E-state index is -0.331. The van der Waals surface area contributed by atoms with Gasteiger partial charge in [0.25, 0.3) is 0 Å². The Morgan fingerprint density at radius 1 is 1.53 bits per heavy atom. The molecular weight excluding hydrogens is 258 g/mol. The maximum atomic E-state index is 11.1. The molecule has 1 aromatic rings. The van der Waals surface area contributed by atoms with Gasteiger partial charge < -0.3 is 10.1 Å². The molecular formula is C11H12BrNO2. The number of rotatable bonds is 1. The predicted octanol–water partition coefficient (Wildman–Crippen LogP) is 2.93. The van der Waals surface area contributed by atoms with E-state index in [2.05, 4.69) is 21.2 Å². The maximum absolute atomic E-state index is 11.1. The maximum Gasteiger partial charge on any atom is 0.407 e. The van der Waals surface area contributed by atoms with Crippen molar-refractivity contribution in [2.24, 2.45) is 0 Å². The number of carbonyl (C=O) groups is 1. The summed E-state index contributed by atoms with van der Waals surface area (Å²) in [5.74, 6) is 0. The number of nitrogens with one attached hydrogen (secondary N) is 1. The monoisotopic (exact) mass is 269 g/mol. The van der Waals surface area contributed by atoms with Crippen molar-refractivity contribution in [2.45, 2.75) is 19.4 Å². The summed E-state index contributed by atoms with van der Waals surface area (Å²) in [5, 5.41) is 2.80. The average Bonchev–Trinajstić information content (AvgIpc) is 2.22. The topological polar surface area (TPSA) is 38.3 Å². The van der Waals surface area contributed by atoms with Crippen molar-refractivity contribution in [2.75, 3.05) is 6.61 Å². The van der Waals surface area contributed by atoms with Crippen LogP contribution in [0.2, 0.25) is 0 Å². The minimum absolute atomic E-state index is 0.0724. The summed E-state index contributed by atoms with van der Waals surface area (Å²) in [5.41, 5.74) is 2.31. The zero-order valence-electron chi connectivity index (χ0n) is 8.42. The third-order valence-electron chi connectivity index (χ3n) is 2.53. The lowest BCUT2D eigenvalue weighted by molar-refractivity contribution is 0.115. The van der Waals surface area contributed by atoms with Crippen molar-refractivity contribution in [1.82, 2.24) is 5.32 Å². The molecule has 0 aromatic heterocycles. The van der Waals surface area contributed by atoms with Crippen LogP contribution < -0.4 is 5.32 Å². The number of halogens is 1. The lowest BCUT2D eigenvalue weighted by Crippen LogP contribution is -2.35. The number of ether oxygens (including phenoxy) is 1. The van der Waals surface area contributed by atoms with Crippen LogP contribution in [0.3, 0.4) is 0 Å². The van der Waals surface area contributed by atoms with Gasteiger partial charge in [-0.1, -0.05) is 28.1 Å². The van der Waals surface area contributed by atoms with Gasteiger partial charge in [0.1, 0.15) is 0 Å². The van der Waals surface area contributed by atoms with E-state index < -0.39 is 0 Å². The average molecular weight is 270 g/mol. The van der Waals surface area contributed by atoms with Crippen LogP contribution in [0.4, 0.5) is 4.79 Å². The molecule has 1 aliphatic heterocycles. The first kappa shape index (κ1) is 10.5. The van der Waals surface area contributed by atoms with E-state index in [1.165, 1.54) is 5.56 Å². The van der Waals surface area contributed by atoms with Gasteiger partial charge in [0.15, 0.2) is 0 Å². The van der Waals surface area contributed by atoms with E-state index >= 15 is 0 Å². The van der Waals surface area contributed by atoms with Gasteiger partial charge in [-0.25, -0.2) is 4.79 Å². The largest absolute Gasteiger partial charge is 0.449 e. The van der Waals surface area contributed by atoms with Gasteiger partial charge in [0.05, 0.1) is 12.6 Å². The normalized spacial score (nSPS) is 20.7. The molecule has 1 amide bonds. The zero-order chi connectivity index (χ0) is 10.8. The summed E-state index contributed by atoms with van der Waals surface area (Å²) >= 11 is 3.48. The van der Waals surface area contributed by atoms with Crippen LogP contribution in [0, 0.1) is 6.92 Å². The number of cyclic esters (lactones) is 1. The molecule has 4 heteroatoms. The van der Waals surface area contributed by atoms with Gasteiger partial charge in [0, 0.05) is 10.9 Å².